The van der Waals surface area contributed by atoms with Gasteiger partial charge in [0.05, 0.1) is 11.0 Å². The SMILES string of the molecule is Cn1c2cc(-c3cncnc3)ccc2c2c3ccc(c21)CCc1ccc(c2c4ccc(-c5cncnc5)cc4n(C)c12)CC3. The fourth-order valence-electron chi connectivity index (χ4n) is 7.62. The van der Waals surface area contributed by atoms with Gasteiger partial charge in [0.25, 0.3) is 0 Å². The van der Waals surface area contributed by atoms with Gasteiger partial charge in [0, 0.05) is 82.6 Å². The van der Waals surface area contributed by atoms with E-state index in [-0.39, 0.29) is 0 Å². The predicted octanol–water partition coefficient (Wildman–Crippen LogP) is 7.77. The van der Waals surface area contributed by atoms with Crippen molar-refractivity contribution in [3.05, 3.63) is 120 Å². The van der Waals surface area contributed by atoms with E-state index in [1.165, 1.54) is 65.9 Å². The Labute approximate surface area is 254 Å². The van der Waals surface area contributed by atoms with Crippen LogP contribution >= 0.6 is 0 Å². The van der Waals surface area contributed by atoms with Crippen molar-refractivity contribution < 1.29 is 0 Å². The summed E-state index contributed by atoms with van der Waals surface area (Å²) in [5.74, 6) is 0. The molecule has 4 heterocycles. The summed E-state index contributed by atoms with van der Waals surface area (Å²) in [6.07, 6.45) is 14.6. The standard InChI is InChI=1S/C38H30N6/c1-43-33-15-27(29-17-39-21-40-18-29)11-13-31(33)35-23-3-4-24-6-8-26(10-9-25(7-5-23)37(35)43)38-36(24)32-14-12-28(16-34(32)44(38)2)30-19-41-22-42-20-30/h5-8,11-22H,3-4,9-10H2,1-2H3. The highest BCUT2D eigenvalue weighted by Crippen LogP contribution is 2.40. The van der Waals surface area contributed by atoms with Crippen LogP contribution in [0.15, 0.2) is 98.1 Å². The first-order chi connectivity index (χ1) is 21.7. The third-order valence-corrected chi connectivity index (χ3v) is 9.74. The van der Waals surface area contributed by atoms with Gasteiger partial charge < -0.3 is 9.13 Å². The van der Waals surface area contributed by atoms with E-state index in [0.29, 0.717) is 0 Å². The van der Waals surface area contributed by atoms with Crippen LogP contribution < -0.4 is 0 Å². The van der Waals surface area contributed by atoms with E-state index in [1.54, 1.807) is 12.7 Å². The lowest BCUT2D eigenvalue weighted by molar-refractivity contribution is 0.915. The number of fused-ring (bicyclic) bond motifs is 7. The zero-order valence-corrected chi connectivity index (χ0v) is 24.7. The molecule has 0 aliphatic heterocycles. The molecule has 0 amide bonds. The smallest absolute Gasteiger partial charge is 0.115 e. The summed E-state index contributed by atoms with van der Waals surface area (Å²) in [7, 11) is 4.45. The van der Waals surface area contributed by atoms with E-state index in [2.05, 4.69) is 104 Å². The van der Waals surface area contributed by atoms with Crippen molar-refractivity contribution >= 4 is 43.6 Å². The van der Waals surface area contributed by atoms with E-state index in [1.807, 2.05) is 24.8 Å². The molecule has 0 N–H and O–H groups in total. The molecule has 44 heavy (non-hydrogen) atoms. The summed E-state index contributed by atoms with van der Waals surface area (Å²) in [4.78, 5) is 17.0. The van der Waals surface area contributed by atoms with Crippen LogP contribution in [0.1, 0.15) is 22.3 Å². The summed E-state index contributed by atoms with van der Waals surface area (Å²) in [5.41, 5.74) is 15.2. The van der Waals surface area contributed by atoms with E-state index >= 15 is 0 Å². The number of aromatic nitrogens is 6. The molecule has 4 aromatic heterocycles. The van der Waals surface area contributed by atoms with Crippen molar-refractivity contribution in [2.45, 2.75) is 25.7 Å². The minimum Gasteiger partial charge on any atom is -0.343 e. The summed E-state index contributed by atoms with van der Waals surface area (Å²) >= 11 is 0. The Balaban J connectivity index is 1.23. The predicted molar refractivity (Wildman–Crippen MR) is 178 cm³/mol. The largest absolute Gasteiger partial charge is 0.343 e. The number of aryl methyl sites for hydroxylation is 6. The normalized spacial score (nSPS) is 13.3. The van der Waals surface area contributed by atoms with Crippen molar-refractivity contribution in [3.63, 3.8) is 0 Å². The summed E-state index contributed by atoms with van der Waals surface area (Å²) in [5, 5.41) is 5.43. The lowest BCUT2D eigenvalue weighted by atomic mass is 9.90. The first kappa shape index (κ1) is 25.2. The zero-order valence-electron chi connectivity index (χ0n) is 24.7. The molecule has 10 rings (SSSR count). The van der Waals surface area contributed by atoms with Crippen LogP contribution in [0.3, 0.4) is 0 Å². The highest BCUT2D eigenvalue weighted by molar-refractivity contribution is 6.13. The molecule has 4 aromatic carbocycles. The van der Waals surface area contributed by atoms with Crippen molar-refractivity contribution in [2.75, 3.05) is 0 Å². The monoisotopic (exact) mass is 570 g/mol. The highest BCUT2D eigenvalue weighted by atomic mass is 14.9. The van der Waals surface area contributed by atoms with Gasteiger partial charge in [-0.2, -0.15) is 0 Å². The van der Waals surface area contributed by atoms with Gasteiger partial charge in [-0.25, -0.2) is 19.9 Å². The molecular weight excluding hydrogens is 540 g/mol. The topological polar surface area (TPSA) is 61.4 Å². The van der Waals surface area contributed by atoms with Gasteiger partial charge in [-0.3, -0.25) is 0 Å². The second-order valence-electron chi connectivity index (χ2n) is 12.1. The number of hydrogen-bond donors (Lipinski definition) is 0. The molecule has 6 nitrogen and oxygen atoms in total. The Hall–Kier alpha value is -5.36. The van der Waals surface area contributed by atoms with Gasteiger partial charge in [-0.1, -0.05) is 48.5 Å². The fraction of sp³-hybridized carbons (Fsp3) is 0.158. The molecule has 6 heteroatoms. The molecule has 2 aliphatic rings. The van der Waals surface area contributed by atoms with E-state index in [9.17, 15) is 0 Å². The minimum atomic E-state index is 0.975. The number of nitrogens with zero attached hydrogens (tertiary/aromatic N) is 6. The molecule has 212 valence electrons. The quantitative estimate of drug-likeness (QED) is 0.213. The maximum Gasteiger partial charge on any atom is 0.115 e. The van der Waals surface area contributed by atoms with Crippen molar-refractivity contribution in [3.8, 4) is 22.3 Å². The van der Waals surface area contributed by atoms with Crippen LogP contribution in [0.2, 0.25) is 0 Å². The molecule has 0 saturated carbocycles. The number of benzene rings is 4. The van der Waals surface area contributed by atoms with E-state index in [0.717, 1.165) is 47.9 Å². The Kier molecular flexibility index (Phi) is 5.48. The van der Waals surface area contributed by atoms with Gasteiger partial charge in [0.2, 0.25) is 0 Å². The lowest BCUT2D eigenvalue weighted by Gasteiger charge is -2.15. The highest BCUT2D eigenvalue weighted by Gasteiger charge is 2.21. The minimum absolute atomic E-state index is 0.975. The van der Waals surface area contributed by atoms with Crippen molar-refractivity contribution in [1.82, 2.24) is 29.1 Å². The maximum absolute atomic E-state index is 4.25. The molecule has 8 aromatic rings. The van der Waals surface area contributed by atoms with E-state index < -0.39 is 0 Å². The van der Waals surface area contributed by atoms with Gasteiger partial charge in [-0.15, -0.1) is 0 Å². The van der Waals surface area contributed by atoms with E-state index in [4.69, 9.17) is 0 Å². The first-order valence-electron chi connectivity index (χ1n) is 15.2. The van der Waals surface area contributed by atoms with Crippen molar-refractivity contribution in [1.29, 1.82) is 0 Å². The lowest BCUT2D eigenvalue weighted by Crippen LogP contribution is -2.03. The Bertz CT molecular complexity index is 2230. The van der Waals surface area contributed by atoms with Gasteiger partial charge in [-0.05, 0) is 71.2 Å². The third kappa shape index (κ3) is 3.67. The third-order valence-electron chi connectivity index (χ3n) is 9.74. The Morgan fingerprint density at radius 3 is 1.27 bits per heavy atom. The molecule has 0 atom stereocenters. The van der Waals surface area contributed by atoms with Crippen LogP contribution in [0.25, 0.3) is 65.9 Å². The molecule has 0 spiro atoms. The molecule has 0 saturated heterocycles. The van der Waals surface area contributed by atoms with Gasteiger partial charge in [0.1, 0.15) is 12.7 Å². The molecule has 2 aliphatic carbocycles. The summed E-state index contributed by atoms with van der Waals surface area (Å²) in [6.45, 7) is 0. The summed E-state index contributed by atoms with van der Waals surface area (Å²) < 4.78 is 4.82. The molecule has 4 bridgehead atoms. The summed E-state index contributed by atoms with van der Waals surface area (Å²) in [6, 6.07) is 23.2. The maximum atomic E-state index is 4.25. The number of hydrogen-bond acceptors (Lipinski definition) is 4. The average Bonchev–Trinajstić information content (AvgIpc) is 3.54. The zero-order chi connectivity index (χ0) is 29.4. The van der Waals surface area contributed by atoms with Crippen LogP contribution in [-0.4, -0.2) is 29.1 Å². The van der Waals surface area contributed by atoms with Crippen molar-refractivity contribution in [2.24, 2.45) is 14.1 Å². The molecule has 0 radical (unpaired) electrons. The Morgan fingerprint density at radius 1 is 0.455 bits per heavy atom. The second kappa shape index (κ2) is 9.58. The second-order valence-corrected chi connectivity index (χ2v) is 12.1. The van der Waals surface area contributed by atoms with Crippen LogP contribution in [0.4, 0.5) is 0 Å². The fourth-order valence-corrected chi connectivity index (χ4v) is 7.62. The number of rotatable bonds is 2. The first-order valence-corrected chi connectivity index (χ1v) is 15.2. The Morgan fingerprint density at radius 2 is 0.841 bits per heavy atom. The molecule has 0 fully saturated rings. The van der Waals surface area contributed by atoms with Gasteiger partial charge >= 0.3 is 0 Å². The molecule has 0 unspecified atom stereocenters. The van der Waals surface area contributed by atoms with Crippen LogP contribution in [0.5, 0.6) is 0 Å². The molecular formula is C38H30N6. The van der Waals surface area contributed by atoms with Gasteiger partial charge in [0.15, 0.2) is 0 Å². The van der Waals surface area contributed by atoms with Crippen LogP contribution in [-0.2, 0) is 39.8 Å². The van der Waals surface area contributed by atoms with Crippen LogP contribution in [0, 0.1) is 0 Å². The average molecular weight is 571 g/mol.